The zero-order valence-electron chi connectivity index (χ0n) is 8.97. The van der Waals surface area contributed by atoms with Gasteiger partial charge in [0.1, 0.15) is 5.69 Å². The van der Waals surface area contributed by atoms with Crippen LogP contribution in [0, 0.1) is 0 Å². The van der Waals surface area contributed by atoms with E-state index < -0.39 is 5.97 Å². The van der Waals surface area contributed by atoms with E-state index in [2.05, 4.69) is 20.2 Å². The number of aromatic amines is 1. The molecule has 0 aliphatic carbocycles. The van der Waals surface area contributed by atoms with E-state index in [4.69, 9.17) is 4.74 Å². The quantitative estimate of drug-likeness (QED) is 0.757. The van der Waals surface area contributed by atoms with Crippen molar-refractivity contribution in [2.24, 2.45) is 7.05 Å². The molecule has 0 amide bonds. The SMILES string of the molecule is CCOC(=O)c1nc(-c2cncn2C)n[nH]1. The lowest BCUT2D eigenvalue weighted by atomic mass is 10.4. The van der Waals surface area contributed by atoms with Crippen molar-refractivity contribution in [1.82, 2.24) is 24.7 Å². The van der Waals surface area contributed by atoms with Gasteiger partial charge in [0.15, 0.2) is 5.82 Å². The number of carbonyl (C=O) groups excluding carboxylic acids is 1. The zero-order chi connectivity index (χ0) is 11.5. The summed E-state index contributed by atoms with van der Waals surface area (Å²) >= 11 is 0. The normalized spacial score (nSPS) is 10.4. The summed E-state index contributed by atoms with van der Waals surface area (Å²) in [7, 11) is 1.82. The number of aromatic nitrogens is 5. The maximum atomic E-state index is 11.3. The summed E-state index contributed by atoms with van der Waals surface area (Å²) in [5.41, 5.74) is 0.729. The summed E-state index contributed by atoms with van der Waals surface area (Å²) in [6.45, 7) is 2.04. The second-order valence-electron chi connectivity index (χ2n) is 3.12. The van der Waals surface area contributed by atoms with Gasteiger partial charge in [-0.1, -0.05) is 0 Å². The van der Waals surface area contributed by atoms with E-state index in [1.807, 2.05) is 7.05 Å². The lowest BCUT2D eigenvalue weighted by molar-refractivity contribution is 0.0512. The largest absolute Gasteiger partial charge is 0.460 e. The number of ether oxygens (including phenoxy) is 1. The van der Waals surface area contributed by atoms with Gasteiger partial charge in [0, 0.05) is 7.05 Å². The molecule has 84 valence electrons. The fourth-order valence-electron chi connectivity index (χ4n) is 1.24. The molecule has 0 radical (unpaired) electrons. The first kappa shape index (κ1) is 10.3. The Labute approximate surface area is 91.5 Å². The van der Waals surface area contributed by atoms with Gasteiger partial charge in [0.05, 0.1) is 19.1 Å². The Bertz CT molecular complexity index is 501. The summed E-state index contributed by atoms with van der Waals surface area (Å²) in [6.07, 6.45) is 3.26. The van der Waals surface area contributed by atoms with E-state index in [1.165, 1.54) is 0 Å². The first-order chi connectivity index (χ1) is 7.72. The Morgan fingerprint density at radius 1 is 1.62 bits per heavy atom. The molecule has 0 aliphatic rings. The van der Waals surface area contributed by atoms with Crippen LogP contribution in [0.2, 0.25) is 0 Å². The van der Waals surface area contributed by atoms with E-state index in [-0.39, 0.29) is 5.82 Å². The minimum Gasteiger partial charge on any atom is -0.460 e. The van der Waals surface area contributed by atoms with Crippen LogP contribution in [-0.4, -0.2) is 37.3 Å². The number of rotatable bonds is 3. The monoisotopic (exact) mass is 221 g/mol. The zero-order valence-corrected chi connectivity index (χ0v) is 8.97. The fraction of sp³-hybridized carbons (Fsp3) is 0.333. The molecule has 0 atom stereocenters. The van der Waals surface area contributed by atoms with Crippen molar-refractivity contribution in [3.8, 4) is 11.5 Å². The molecule has 0 spiro atoms. The molecule has 7 heteroatoms. The Balaban J connectivity index is 2.26. The Morgan fingerprint density at radius 3 is 3.06 bits per heavy atom. The van der Waals surface area contributed by atoms with E-state index in [9.17, 15) is 4.79 Å². The maximum Gasteiger partial charge on any atom is 0.375 e. The molecule has 0 aromatic carbocycles. The minimum atomic E-state index is -0.511. The van der Waals surface area contributed by atoms with Crippen molar-refractivity contribution >= 4 is 5.97 Å². The first-order valence-electron chi connectivity index (χ1n) is 4.78. The third kappa shape index (κ3) is 1.79. The summed E-state index contributed by atoms with van der Waals surface area (Å²) < 4.78 is 6.56. The second kappa shape index (κ2) is 4.13. The number of H-pyrrole nitrogens is 1. The van der Waals surface area contributed by atoms with Gasteiger partial charge in [0.2, 0.25) is 5.82 Å². The summed E-state index contributed by atoms with van der Waals surface area (Å²) in [6, 6.07) is 0. The summed E-state index contributed by atoms with van der Waals surface area (Å²) in [4.78, 5) is 19.3. The number of nitrogens with zero attached hydrogens (tertiary/aromatic N) is 4. The van der Waals surface area contributed by atoms with Crippen molar-refractivity contribution in [2.45, 2.75) is 6.92 Å². The maximum absolute atomic E-state index is 11.3. The molecule has 0 aliphatic heterocycles. The van der Waals surface area contributed by atoms with Crippen molar-refractivity contribution in [3.63, 3.8) is 0 Å². The van der Waals surface area contributed by atoms with Crippen molar-refractivity contribution < 1.29 is 9.53 Å². The molecule has 0 saturated carbocycles. The van der Waals surface area contributed by atoms with Crippen molar-refractivity contribution in [1.29, 1.82) is 0 Å². The van der Waals surface area contributed by atoms with Gasteiger partial charge in [0.25, 0.3) is 0 Å². The predicted molar refractivity (Wildman–Crippen MR) is 54.5 cm³/mol. The third-order valence-corrected chi connectivity index (χ3v) is 2.00. The molecule has 1 N–H and O–H groups in total. The number of imidazole rings is 1. The van der Waals surface area contributed by atoms with Gasteiger partial charge in [-0.2, -0.15) is 10.1 Å². The minimum absolute atomic E-state index is 0.0954. The highest BCUT2D eigenvalue weighted by atomic mass is 16.5. The van der Waals surface area contributed by atoms with Gasteiger partial charge in [-0.05, 0) is 6.92 Å². The number of aryl methyl sites for hydroxylation is 1. The van der Waals surface area contributed by atoms with E-state index in [0.29, 0.717) is 12.4 Å². The topological polar surface area (TPSA) is 85.7 Å². The first-order valence-corrected chi connectivity index (χ1v) is 4.78. The molecular formula is C9H11N5O2. The van der Waals surface area contributed by atoms with Crippen molar-refractivity contribution in [3.05, 3.63) is 18.3 Å². The van der Waals surface area contributed by atoms with Gasteiger partial charge < -0.3 is 9.30 Å². The van der Waals surface area contributed by atoms with Crippen LogP contribution in [0.1, 0.15) is 17.5 Å². The molecule has 16 heavy (non-hydrogen) atoms. The number of nitrogens with one attached hydrogen (secondary N) is 1. The summed E-state index contributed by atoms with van der Waals surface area (Å²) in [5.74, 6) is 0.00419. The summed E-state index contributed by atoms with van der Waals surface area (Å²) in [5, 5.41) is 6.45. The highest BCUT2D eigenvalue weighted by Gasteiger charge is 2.15. The average molecular weight is 221 g/mol. The molecule has 0 saturated heterocycles. The molecule has 0 fully saturated rings. The molecule has 0 unspecified atom stereocenters. The Kier molecular flexibility index (Phi) is 2.67. The molecule has 2 heterocycles. The fourth-order valence-corrected chi connectivity index (χ4v) is 1.24. The van der Waals surface area contributed by atoms with Crippen molar-refractivity contribution in [2.75, 3.05) is 6.61 Å². The van der Waals surface area contributed by atoms with Gasteiger partial charge in [-0.15, -0.1) is 0 Å². The number of carbonyl (C=O) groups is 1. The van der Waals surface area contributed by atoms with E-state index in [1.54, 1.807) is 24.0 Å². The number of esters is 1. The molecule has 2 aromatic rings. The third-order valence-electron chi connectivity index (χ3n) is 2.00. The van der Waals surface area contributed by atoms with E-state index >= 15 is 0 Å². The average Bonchev–Trinajstić information content (AvgIpc) is 2.86. The van der Waals surface area contributed by atoms with Gasteiger partial charge in [-0.3, -0.25) is 5.10 Å². The Morgan fingerprint density at radius 2 is 2.44 bits per heavy atom. The van der Waals surface area contributed by atoms with Crippen LogP contribution in [0.5, 0.6) is 0 Å². The van der Waals surface area contributed by atoms with Gasteiger partial charge in [-0.25, -0.2) is 9.78 Å². The molecule has 2 aromatic heterocycles. The van der Waals surface area contributed by atoms with E-state index in [0.717, 1.165) is 5.69 Å². The smallest absolute Gasteiger partial charge is 0.375 e. The predicted octanol–water partition coefficient (Wildman–Crippen LogP) is 0.382. The van der Waals surface area contributed by atoms with Crippen LogP contribution in [0.4, 0.5) is 0 Å². The van der Waals surface area contributed by atoms with Gasteiger partial charge >= 0.3 is 5.97 Å². The Hall–Kier alpha value is -2.18. The second-order valence-corrected chi connectivity index (χ2v) is 3.12. The van der Waals surface area contributed by atoms with Crippen LogP contribution < -0.4 is 0 Å². The molecule has 7 nitrogen and oxygen atoms in total. The van der Waals surface area contributed by atoms with Crippen LogP contribution >= 0.6 is 0 Å². The highest BCUT2D eigenvalue weighted by Crippen LogP contribution is 2.12. The lowest BCUT2D eigenvalue weighted by Gasteiger charge is -1.95. The number of hydrogen-bond donors (Lipinski definition) is 1. The molecule has 0 bridgehead atoms. The van der Waals surface area contributed by atoms with Crippen LogP contribution in [0.3, 0.4) is 0 Å². The molecule has 2 rings (SSSR count). The number of hydrogen-bond acceptors (Lipinski definition) is 5. The molecular weight excluding hydrogens is 210 g/mol. The van der Waals surface area contributed by atoms with Crippen LogP contribution in [0.25, 0.3) is 11.5 Å². The highest BCUT2D eigenvalue weighted by molar-refractivity contribution is 5.85. The standard InChI is InChI=1S/C9H11N5O2/c1-3-16-9(15)8-11-7(12-13-8)6-4-10-5-14(6)2/h4-5H,3H2,1-2H3,(H,11,12,13). The van der Waals surface area contributed by atoms with Crippen LogP contribution in [-0.2, 0) is 11.8 Å². The lowest BCUT2D eigenvalue weighted by Crippen LogP contribution is -2.06. The van der Waals surface area contributed by atoms with Crippen LogP contribution in [0.15, 0.2) is 12.5 Å².